The maximum absolute atomic E-state index is 13.2. The third-order valence-corrected chi connectivity index (χ3v) is 5.99. The number of fused-ring (bicyclic) bond motifs is 3. The van der Waals surface area contributed by atoms with Crippen molar-refractivity contribution in [1.82, 2.24) is 10.2 Å². The summed E-state index contributed by atoms with van der Waals surface area (Å²) in [7, 11) is 1.00. The SMILES string of the molecule is CC.CC.CCC.CCCCCC(CC)CNc1cc2c(nn1)-c1c(O)cc(C(F)(F)F)cc1COCCC2.CO. The lowest BCUT2D eigenvalue weighted by molar-refractivity contribution is -0.137. The molecule has 6 nitrogen and oxygen atoms in total. The topological polar surface area (TPSA) is 87.5 Å². The minimum absolute atomic E-state index is 0.0239. The van der Waals surface area contributed by atoms with Gasteiger partial charge >= 0.3 is 6.18 Å². The second kappa shape index (κ2) is 24.2. The number of aromatic hydroxyl groups is 1. The number of benzene rings is 1. The second-order valence-electron chi connectivity index (χ2n) is 9.14. The molecule has 0 aliphatic carbocycles. The molecule has 1 aliphatic heterocycles. The van der Waals surface area contributed by atoms with E-state index in [0.717, 1.165) is 44.2 Å². The van der Waals surface area contributed by atoms with Crippen molar-refractivity contribution in [3.05, 3.63) is 34.9 Å². The van der Waals surface area contributed by atoms with Crippen LogP contribution in [0.4, 0.5) is 19.0 Å². The zero-order valence-electron chi connectivity index (χ0n) is 26.9. The fourth-order valence-corrected chi connectivity index (χ4v) is 4.08. The number of aliphatic hydroxyl groups excluding tert-OH is 1. The van der Waals surface area contributed by atoms with Crippen molar-refractivity contribution < 1.29 is 28.1 Å². The summed E-state index contributed by atoms with van der Waals surface area (Å²) in [6, 6.07) is 3.67. The zero-order valence-corrected chi connectivity index (χ0v) is 26.9. The number of anilines is 1. The Labute approximate surface area is 247 Å². The van der Waals surface area contributed by atoms with Crippen LogP contribution in [0.1, 0.15) is 117 Å². The van der Waals surface area contributed by atoms with Crippen LogP contribution in [0.2, 0.25) is 0 Å². The zero-order chi connectivity index (χ0) is 31.8. The Morgan fingerprint density at radius 1 is 0.951 bits per heavy atom. The Hall–Kier alpha value is -2.39. The van der Waals surface area contributed by atoms with Crippen LogP contribution in [0.3, 0.4) is 0 Å². The minimum Gasteiger partial charge on any atom is -0.507 e. The number of alkyl halides is 3. The molecule has 1 atom stereocenters. The van der Waals surface area contributed by atoms with Crippen LogP contribution in [-0.2, 0) is 23.9 Å². The van der Waals surface area contributed by atoms with Gasteiger partial charge in [0.1, 0.15) is 17.3 Å². The summed E-state index contributed by atoms with van der Waals surface area (Å²) in [4.78, 5) is 0. The number of aryl methyl sites for hydroxylation is 1. The summed E-state index contributed by atoms with van der Waals surface area (Å²) in [6.07, 6.45) is 3.91. The van der Waals surface area contributed by atoms with Gasteiger partial charge in [0.15, 0.2) is 0 Å². The molecule has 0 radical (unpaired) electrons. The number of hydrogen-bond acceptors (Lipinski definition) is 6. The molecule has 3 rings (SSSR count). The average molecular weight is 588 g/mol. The molecule has 0 saturated heterocycles. The van der Waals surface area contributed by atoms with Gasteiger partial charge < -0.3 is 20.3 Å². The first-order valence-corrected chi connectivity index (χ1v) is 15.3. The van der Waals surface area contributed by atoms with Crippen molar-refractivity contribution in [3.63, 3.8) is 0 Å². The van der Waals surface area contributed by atoms with Crippen LogP contribution in [-0.4, -0.2) is 40.7 Å². The van der Waals surface area contributed by atoms with Crippen molar-refractivity contribution in [2.24, 2.45) is 5.92 Å². The van der Waals surface area contributed by atoms with Crippen molar-refractivity contribution in [2.45, 2.75) is 120 Å². The van der Waals surface area contributed by atoms with Crippen LogP contribution in [0, 0.1) is 5.92 Å². The number of nitrogens with zero attached hydrogens (tertiary/aromatic N) is 2. The lowest BCUT2D eigenvalue weighted by atomic mass is 9.96. The van der Waals surface area contributed by atoms with E-state index in [1.54, 1.807) is 0 Å². The molecule has 2 heterocycles. The first-order valence-electron chi connectivity index (χ1n) is 15.3. The molecule has 2 aromatic rings. The van der Waals surface area contributed by atoms with Gasteiger partial charge in [0.25, 0.3) is 0 Å². The number of ether oxygens (including phenoxy) is 1. The van der Waals surface area contributed by atoms with Gasteiger partial charge in [-0.1, -0.05) is 87.5 Å². The Bertz CT molecular complexity index is 925. The number of nitrogens with one attached hydrogen (secondary N) is 1. The predicted molar refractivity (Wildman–Crippen MR) is 165 cm³/mol. The Balaban J connectivity index is 0. The van der Waals surface area contributed by atoms with Crippen LogP contribution >= 0.6 is 0 Å². The van der Waals surface area contributed by atoms with Gasteiger partial charge in [-0.3, -0.25) is 0 Å². The van der Waals surface area contributed by atoms with Crippen molar-refractivity contribution in [2.75, 3.05) is 25.6 Å². The fourth-order valence-electron chi connectivity index (χ4n) is 4.08. The fraction of sp³-hybridized carbons (Fsp3) is 0.688. The minimum atomic E-state index is -4.56. The van der Waals surface area contributed by atoms with Gasteiger partial charge in [0, 0.05) is 25.8 Å². The number of phenolic OH excluding ortho intramolecular Hbond substituents is 1. The van der Waals surface area contributed by atoms with E-state index in [-0.39, 0.29) is 17.7 Å². The largest absolute Gasteiger partial charge is 0.507 e. The summed E-state index contributed by atoms with van der Waals surface area (Å²) in [5.41, 5.74) is 0.871. The third-order valence-electron chi connectivity index (χ3n) is 5.99. The molecular formula is C32H56F3N3O3. The highest BCUT2D eigenvalue weighted by molar-refractivity contribution is 5.74. The smallest absolute Gasteiger partial charge is 0.416 e. The molecule has 0 spiro atoms. The molecule has 1 aromatic heterocycles. The van der Waals surface area contributed by atoms with Gasteiger partial charge in [-0.15, -0.1) is 10.2 Å². The van der Waals surface area contributed by atoms with Crippen molar-refractivity contribution in [3.8, 4) is 17.0 Å². The lowest BCUT2D eigenvalue weighted by Gasteiger charge is -2.18. The van der Waals surface area contributed by atoms with Crippen molar-refractivity contribution >= 4 is 5.82 Å². The van der Waals surface area contributed by atoms with E-state index >= 15 is 0 Å². The maximum Gasteiger partial charge on any atom is 0.416 e. The van der Waals surface area contributed by atoms with E-state index in [1.807, 2.05) is 33.8 Å². The number of phenols is 1. The van der Waals surface area contributed by atoms with Crippen LogP contribution in [0.5, 0.6) is 5.75 Å². The van der Waals surface area contributed by atoms with E-state index in [0.29, 0.717) is 36.9 Å². The van der Waals surface area contributed by atoms with Gasteiger partial charge in [-0.25, -0.2) is 0 Å². The van der Waals surface area contributed by atoms with Gasteiger partial charge in [0.2, 0.25) is 0 Å². The van der Waals surface area contributed by atoms with E-state index in [4.69, 9.17) is 9.84 Å². The van der Waals surface area contributed by atoms with Crippen molar-refractivity contribution in [1.29, 1.82) is 0 Å². The molecule has 238 valence electrons. The molecule has 0 saturated carbocycles. The quantitative estimate of drug-likeness (QED) is 0.267. The molecule has 1 aliphatic rings. The number of aromatic nitrogens is 2. The Morgan fingerprint density at radius 2 is 1.59 bits per heavy atom. The molecular weight excluding hydrogens is 531 g/mol. The van der Waals surface area contributed by atoms with E-state index in [9.17, 15) is 18.3 Å². The second-order valence-corrected chi connectivity index (χ2v) is 9.14. The predicted octanol–water partition coefficient (Wildman–Crippen LogP) is 9.43. The molecule has 3 N–H and O–H groups in total. The molecule has 0 fully saturated rings. The highest BCUT2D eigenvalue weighted by Gasteiger charge is 2.33. The highest BCUT2D eigenvalue weighted by Crippen LogP contribution is 2.40. The standard InChI is InChI=1S/C24H32F3N3O2.C3H8.2C2H6.CH4O/c1-3-5-6-8-16(4-2)14-28-21-12-17-9-7-10-32-15-18-11-19(24(25,26)27)13-20(31)22(18)23(17)30-29-21;1-3-2;3*1-2/h11-13,16,31H,3-10,14-15H2,1-2H3,(H,28,29);3H2,1-2H3;2*1-2H3;2H,1H3. The first kappa shape index (κ1) is 40.7. The van der Waals surface area contributed by atoms with Crippen LogP contribution in [0.15, 0.2) is 18.2 Å². The molecule has 1 unspecified atom stereocenters. The summed E-state index contributed by atoms with van der Waals surface area (Å²) < 4.78 is 45.3. The molecule has 1 aromatic carbocycles. The summed E-state index contributed by atoms with van der Waals surface area (Å²) in [5.74, 6) is 0.733. The summed E-state index contributed by atoms with van der Waals surface area (Å²) >= 11 is 0. The summed E-state index contributed by atoms with van der Waals surface area (Å²) in [5, 5.41) is 29.5. The molecule has 41 heavy (non-hydrogen) atoms. The highest BCUT2D eigenvalue weighted by atomic mass is 19.4. The van der Waals surface area contributed by atoms with Gasteiger partial charge in [-0.05, 0) is 54.5 Å². The van der Waals surface area contributed by atoms with Gasteiger partial charge in [0.05, 0.1) is 12.2 Å². The molecule has 0 amide bonds. The lowest BCUT2D eigenvalue weighted by Crippen LogP contribution is -2.15. The summed E-state index contributed by atoms with van der Waals surface area (Å²) in [6.45, 7) is 17.8. The Morgan fingerprint density at radius 3 is 2.15 bits per heavy atom. The number of rotatable bonds is 8. The van der Waals surface area contributed by atoms with Gasteiger partial charge in [-0.2, -0.15) is 13.2 Å². The average Bonchev–Trinajstić information content (AvgIpc) is 3.06. The van der Waals surface area contributed by atoms with Crippen LogP contribution in [0.25, 0.3) is 11.3 Å². The molecule has 9 heteroatoms. The van der Waals surface area contributed by atoms with E-state index in [2.05, 4.69) is 43.2 Å². The number of hydrogen-bond donors (Lipinski definition) is 3. The third kappa shape index (κ3) is 14.9. The first-order chi connectivity index (χ1) is 19.7. The van der Waals surface area contributed by atoms with E-state index in [1.165, 1.54) is 25.7 Å². The maximum atomic E-state index is 13.2. The van der Waals surface area contributed by atoms with Crippen LogP contribution < -0.4 is 5.32 Å². The Kier molecular flexibility index (Phi) is 24.1. The number of unbranched alkanes of at least 4 members (excludes halogenated alkanes) is 2. The molecule has 0 bridgehead atoms. The number of halogens is 3. The normalized spacial score (nSPS) is 12.7. The van der Waals surface area contributed by atoms with E-state index < -0.39 is 17.5 Å². The monoisotopic (exact) mass is 587 g/mol. The number of aliphatic hydroxyl groups is 1.